The molecular weight excluding hydrogens is 236 g/mol. The van der Waals surface area contributed by atoms with Crippen LogP contribution in [0.1, 0.15) is 19.8 Å². The molecule has 0 spiro atoms. The van der Waals surface area contributed by atoms with Crippen molar-refractivity contribution in [1.29, 1.82) is 0 Å². The van der Waals surface area contributed by atoms with E-state index in [1.165, 1.54) is 0 Å². The van der Waals surface area contributed by atoms with Crippen molar-refractivity contribution in [2.45, 2.75) is 31.4 Å². The number of aliphatic hydroxyl groups is 1. The molecule has 0 saturated carbocycles. The fraction of sp³-hybridized carbons (Fsp3) is 0.917. The Labute approximate surface area is 108 Å². The Morgan fingerprint density at radius 3 is 2.78 bits per heavy atom. The monoisotopic (exact) mass is 260 g/mol. The molecule has 1 rings (SSSR count). The van der Waals surface area contributed by atoms with E-state index < -0.39 is 5.60 Å². The molecule has 0 aliphatic carbocycles. The number of rotatable bonds is 7. The summed E-state index contributed by atoms with van der Waals surface area (Å²) in [6.07, 6.45) is 1.22. The molecule has 0 aromatic heterocycles. The average molecular weight is 260 g/mol. The molecule has 1 amide bonds. The lowest BCUT2D eigenvalue weighted by molar-refractivity contribution is -0.123. The van der Waals surface area contributed by atoms with Crippen molar-refractivity contribution >= 4 is 5.91 Å². The number of carbonyl (C=O) groups is 1. The van der Waals surface area contributed by atoms with Gasteiger partial charge >= 0.3 is 0 Å². The molecule has 1 aliphatic heterocycles. The Morgan fingerprint density at radius 1 is 1.50 bits per heavy atom. The summed E-state index contributed by atoms with van der Waals surface area (Å²) >= 11 is 0. The molecule has 1 unspecified atom stereocenters. The molecule has 6 heteroatoms. The van der Waals surface area contributed by atoms with Crippen LogP contribution in [-0.4, -0.2) is 62.7 Å². The minimum absolute atomic E-state index is 0.0808. The summed E-state index contributed by atoms with van der Waals surface area (Å²) < 4.78 is 10.1. The van der Waals surface area contributed by atoms with E-state index in [0.29, 0.717) is 45.8 Å². The molecule has 0 bridgehead atoms. The van der Waals surface area contributed by atoms with Crippen LogP contribution < -0.4 is 10.6 Å². The van der Waals surface area contributed by atoms with E-state index >= 15 is 0 Å². The highest BCUT2D eigenvalue weighted by Crippen LogP contribution is 2.19. The first-order valence-electron chi connectivity index (χ1n) is 6.37. The summed E-state index contributed by atoms with van der Waals surface area (Å²) in [5, 5.41) is 16.0. The second-order valence-electron chi connectivity index (χ2n) is 4.72. The van der Waals surface area contributed by atoms with Crippen LogP contribution in [0.5, 0.6) is 0 Å². The Hall–Kier alpha value is -0.690. The van der Waals surface area contributed by atoms with Gasteiger partial charge in [-0.2, -0.15) is 0 Å². The number of hydrogen-bond acceptors (Lipinski definition) is 5. The molecule has 0 aromatic rings. The molecule has 3 N–H and O–H groups in total. The molecule has 1 atom stereocenters. The Kier molecular flexibility index (Phi) is 6.56. The van der Waals surface area contributed by atoms with Gasteiger partial charge in [-0.05, 0) is 6.92 Å². The largest absolute Gasteiger partial charge is 0.388 e. The first kappa shape index (κ1) is 15.4. The number of methoxy groups -OCH3 is 1. The summed E-state index contributed by atoms with van der Waals surface area (Å²) in [6, 6.07) is -0.325. The molecule has 1 fully saturated rings. The molecule has 0 radical (unpaired) electrons. The maximum absolute atomic E-state index is 11.7. The molecular formula is C12H24N2O4. The van der Waals surface area contributed by atoms with E-state index in [4.69, 9.17) is 9.47 Å². The van der Waals surface area contributed by atoms with Crippen molar-refractivity contribution in [3.63, 3.8) is 0 Å². The SMILES string of the molecule is COCCNC(=O)C(C)NCC1(O)CCOCC1. The van der Waals surface area contributed by atoms with Gasteiger partial charge in [0, 0.05) is 46.3 Å². The first-order chi connectivity index (χ1) is 8.57. The maximum Gasteiger partial charge on any atom is 0.236 e. The highest BCUT2D eigenvalue weighted by molar-refractivity contribution is 5.81. The number of carbonyl (C=O) groups excluding carboxylic acids is 1. The van der Waals surface area contributed by atoms with Crippen LogP contribution in [0.3, 0.4) is 0 Å². The molecule has 1 saturated heterocycles. The van der Waals surface area contributed by atoms with E-state index in [0.717, 1.165) is 0 Å². The third-order valence-corrected chi connectivity index (χ3v) is 3.16. The van der Waals surface area contributed by atoms with Crippen molar-refractivity contribution < 1.29 is 19.4 Å². The minimum atomic E-state index is -0.751. The fourth-order valence-electron chi connectivity index (χ4n) is 1.79. The van der Waals surface area contributed by atoms with E-state index in [2.05, 4.69) is 10.6 Å². The first-order valence-corrected chi connectivity index (χ1v) is 6.37. The topological polar surface area (TPSA) is 79.8 Å². The van der Waals surface area contributed by atoms with E-state index in [1.54, 1.807) is 14.0 Å². The van der Waals surface area contributed by atoms with Gasteiger partial charge in [0.15, 0.2) is 0 Å². The molecule has 106 valence electrons. The minimum Gasteiger partial charge on any atom is -0.388 e. The third kappa shape index (κ3) is 5.30. The Morgan fingerprint density at radius 2 is 2.17 bits per heavy atom. The zero-order valence-electron chi connectivity index (χ0n) is 11.2. The van der Waals surface area contributed by atoms with Crippen LogP contribution in [0.4, 0.5) is 0 Å². The second-order valence-corrected chi connectivity index (χ2v) is 4.72. The van der Waals surface area contributed by atoms with Gasteiger partial charge in [-0.1, -0.05) is 0 Å². The average Bonchev–Trinajstić information content (AvgIpc) is 2.37. The van der Waals surface area contributed by atoms with Crippen LogP contribution >= 0.6 is 0 Å². The summed E-state index contributed by atoms with van der Waals surface area (Å²) in [4.78, 5) is 11.7. The van der Waals surface area contributed by atoms with Gasteiger partial charge in [0.05, 0.1) is 18.2 Å². The van der Waals surface area contributed by atoms with Crippen LogP contribution in [0.2, 0.25) is 0 Å². The summed E-state index contributed by atoms with van der Waals surface area (Å²) in [7, 11) is 1.59. The van der Waals surface area contributed by atoms with Crippen molar-refractivity contribution in [1.82, 2.24) is 10.6 Å². The zero-order valence-corrected chi connectivity index (χ0v) is 11.2. The highest BCUT2D eigenvalue weighted by atomic mass is 16.5. The van der Waals surface area contributed by atoms with Gasteiger partial charge in [0.25, 0.3) is 0 Å². The van der Waals surface area contributed by atoms with E-state index in [9.17, 15) is 9.90 Å². The lowest BCUT2D eigenvalue weighted by Gasteiger charge is -2.33. The van der Waals surface area contributed by atoms with Crippen LogP contribution in [0.25, 0.3) is 0 Å². The molecule has 6 nitrogen and oxygen atoms in total. The predicted molar refractivity (Wildman–Crippen MR) is 67.4 cm³/mol. The predicted octanol–water partition coefficient (Wildman–Crippen LogP) is -0.731. The number of ether oxygens (including phenoxy) is 2. The van der Waals surface area contributed by atoms with E-state index in [-0.39, 0.29) is 11.9 Å². The van der Waals surface area contributed by atoms with Crippen molar-refractivity contribution in [3.8, 4) is 0 Å². The van der Waals surface area contributed by atoms with Gasteiger partial charge in [0.2, 0.25) is 5.91 Å². The summed E-state index contributed by atoms with van der Waals surface area (Å²) in [5.41, 5.74) is -0.751. The fourth-order valence-corrected chi connectivity index (χ4v) is 1.79. The molecule has 0 aromatic carbocycles. The van der Waals surface area contributed by atoms with Gasteiger partial charge in [-0.25, -0.2) is 0 Å². The lowest BCUT2D eigenvalue weighted by atomic mass is 9.94. The second kappa shape index (κ2) is 7.68. The number of hydrogen-bond donors (Lipinski definition) is 3. The van der Waals surface area contributed by atoms with E-state index in [1.807, 2.05) is 0 Å². The smallest absolute Gasteiger partial charge is 0.236 e. The zero-order chi connectivity index (χ0) is 13.4. The van der Waals surface area contributed by atoms with Crippen molar-refractivity contribution in [3.05, 3.63) is 0 Å². The van der Waals surface area contributed by atoms with Crippen molar-refractivity contribution in [2.75, 3.05) is 40.0 Å². The van der Waals surface area contributed by atoms with Crippen LogP contribution in [-0.2, 0) is 14.3 Å². The molecule has 18 heavy (non-hydrogen) atoms. The third-order valence-electron chi connectivity index (χ3n) is 3.16. The summed E-state index contributed by atoms with van der Waals surface area (Å²) in [6.45, 7) is 4.35. The number of amides is 1. The van der Waals surface area contributed by atoms with Crippen molar-refractivity contribution in [2.24, 2.45) is 0 Å². The maximum atomic E-state index is 11.7. The number of nitrogens with one attached hydrogen (secondary N) is 2. The van der Waals surface area contributed by atoms with Gasteiger partial charge < -0.3 is 25.2 Å². The quantitative estimate of drug-likeness (QED) is 0.526. The van der Waals surface area contributed by atoms with Crippen LogP contribution in [0, 0.1) is 0 Å². The standard InChI is InChI=1S/C12H24N2O4/c1-10(11(15)13-5-8-17-2)14-9-12(16)3-6-18-7-4-12/h10,14,16H,3-9H2,1-2H3,(H,13,15). The molecule has 1 aliphatic rings. The van der Waals surface area contributed by atoms with Gasteiger partial charge in [-0.15, -0.1) is 0 Å². The summed E-state index contributed by atoms with van der Waals surface area (Å²) in [5.74, 6) is -0.0808. The lowest BCUT2D eigenvalue weighted by Crippen LogP contribution is -2.51. The molecule has 1 heterocycles. The van der Waals surface area contributed by atoms with Crippen LogP contribution in [0.15, 0.2) is 0 Å². The normalized spacial score (nSPS) is 20.4. The Balaban J connectivity index is 2.22. The highest BCUT2D eigenvalue weighted by Gasteiger charge is 2.30. The Bertz CT molecular complexity index is 254. The van der Waals surface area contributed by atoms with Gasteiger partial charge in [-0.3, -0.25) is 4.79 Å². The van der Waals surface area contributed by atoms with Gasteiger partial charge in [0.1, 0.15) is 0 Å².